The van der Waals surface area contributed by atoms with E-state index in [1.807, 2.05) is 4.57 Å². The minimum absolute atomic E-state index is 0.00195. The van der Waals surface area contributed by atoms with Gasteiger partial charge in [-0.25, -0.2) is 0 Å². The van der Waals surface area contributed by atoms with Crippen molar-refractivity contribution in [2.75, 3.05) is 6.54 Å². The molecule has 5 aliphatic carbocycles. The number of pyridine rings is 1. The van der Waals surface area contributed by atoms with Crippen LogP contribution in [0.25, 0.3) is 11.5 Å². The zero-order valence-corrected chi connectivity index (χ0v) is 36.0. The molecular formula is C46H64N6O6. The number of esters is 1. The number of nitrogens with two attached hydrogens (primary N) is 1. The summed E-state index contributed by atoms with van der Waals surface area (Å²) >= 11 is 0. The summed E-state index contributed by atoms with van der Waals surface area (Å²) in [5, 5.41) is 40.9. The number of ketones is 1. The first-order chi connectivity index (χ1) is 27.1. The lowest BCUT2D eigenvalue weighted by Gasteiger charge is -2.72. The lowest BCUT2D eigenvalue weighted by atomic mass is 9.33. The molecule has 0 radical (unpaired) electrons. The van der Waals surface area contributed by atoms with E-state index in [-0.39, 0.29) is 64.8 Å². The molecule has 0 saturated heterocycles. The van der Waals surface area contributed by atoms with Crippen LogP contribution in [0.4, 0.5) is 0 Å². The molecular weight excluding hydrogens is 733 g/mol. The third kappa shape index (κ3) is 6.11. The number of carbonyl (C=O) groups excluding carboxylic acids is 2. The summed E-state index contributed by atoms with van der Waals surface area (Å²) in [6.45, 7) is 20.0. The van der Waals surface area contributed by atoms with E-state index in [4.69, 9.17) is 10.5 Å². The highest BCUT2D eigenvalue weighted by molar-refractivity contribution is 6.00. The van der Waals surface area contributed by atoms with Gasteiger partial charge in [0.1, 0.15) is 24.0 Å². The second-order valence-corrected chi connectivity index (χ2v) is 20.8. The Morgan fingerprint density at radius 3 is 2.36 bits per heavy atom. The average molecular weight is 797 g/mol. The van der Waals surface area contributed by atoms with Gasteiger partial charge in [-0.05, 0) is 128 Å². The Kier molecular flexibility index (Phi) is 10.4. The van der Waals surface area contributed by atoms with E-state index >= 15 is 0 Å². The molecule has 7 rings (SSSR count). The smallest absolute Gasteiger partial charge is 0.309 e. The summed E-state index contributed by atoms with van der Waals surface area (Å²) < 4.78 is 8.02. The third-order valence-corrected chi connectivity index (χ3v) is 16.9. The van der Waals surface area contributed by atoms with E-state index in [2.05, 4.69) is 69.7 Å². The summed E-state index contributed by atoms with van der Waals surface area (Å²) in [7, 11) is 0. The number of allylic oxidation sites excluding steroid dienone is 1. The van der Waals surface area contributed by atoms with Crippen LogP contribution >= 0.6 is 0 Å². The first-order valence-electron chi connectivity index (χ1n) is 21.5. The van der Waals surface area contributed by atoms with Crippen LogP contribution in [0.1, 0.15) is 144 Å². The van der Waals surface area contributed by atoms with Crippen LogP contribution in [0.5, 0.6) is 0 Å². The van der Waals surface area contributed by atoms with Gasteiger partial charge in [0, 0.05) is 36.5 Å². The van der Waals surface area contributed by atoms with Crippen LogP contribution in [-0.2, 0) is 25.7 Å². The molecule has 5 aliphatic rings. The predicted molar refractivity (Wildman–Crippen MR) is 217 cm³/mol. The second-order valence-electron chi connectivity index (χ2n) is 20.8. The van der Waals surface area contributed by atoms with E-state index in [1.165, 1.54) is 6.20 Å². The maximum Gasteiger partial charge on any atom is 0.309 e. The summed E-state index contributed by atoms with van der Waals surface area (Å²) in [5.41, 5.74) is 6.63. The van der Waals surface area contributed by atoms with Crippen LogP contribution in [0.15, 0.2) is 29.5 Å². The first kappa shape index (κ1) is 42.2. The Hall–Kier alpha value is -3.95. The number of aliphatic hydroxyl groups is 1. The number of hydrogen-bond acceptors (Lipinski definition) is 10. The fourth-order valence-corrected chi connectivity index (χ4v) is 13.7. The van der Waals surface area contributed by atoms with Gasteiger partial charge in [0.2, 0.25) is 0 Å². The van der Waals surface area contributed by atoms with E-state index in [0.29, 0.717) is 47.7 Å². The zero-order chi connectivity index (χ0) is 42.4. The van der Waals surface area contributed by atoms with Crippen molar-refractivity contribution in [3.63, 3.8) is 0 Å². The minimum Gasteiger partial charge on any atom is -0.481 e. The van der Waals surface area contributed by atoms with Crippen molar-refractivity contribution in [2.24, 2.45) is 61.9 Å². The molecule has 12 nitrogen and oxygen atoms in total. The molecule has 12 heteroatoms. The highest BCUT2D eigenvalue weighted by atomic mass is 16.5. The fourth-order valence-electron chi connectivity index (χ4n) is 13.7. The molecule has 0 aliphatic heterocycles. The number of nitriles is 1. The molecule has 1 unspecified atom stereocenters. The molecule has 58 heavy (non-hydrogen) atoms. The number of carboxylic acid groups (broad SMARTS) is 1. The minimum atomic E-state index is -1.19. The molecule has 0 bridgehead atoms. The number of fused-ring (bicyclic) bond motifs is 7. The lowest BCUT2D eigenvalue weighted by molar-refractivity contribution is -0.235. The molecule has 4 fully saturated rings. The molecule has 314 valence electrons. The van der Waals surface area contributed by atoms with Crippen LogP contribution in [0, 0.1) is 67.5 Å². The Morgan fingerprint density at radius 1 is 1.02 bits per heavy atom. The predicted octanol–water partition coefficient (Wildman–Crippen LogP) is 7.60. The fraction of sp³-hybridized carbons (Fsp3) is 0.717. The van der Waals surface area contributed by atoms with E-state index in [1.54, 1.807) is 26.0 Å². The largest absolute Gasteiger partial charge is 0.481 e. The van der Waals surface area contributed by atoms with Crippen molar-refractivity contribution < 1.29 is 29.3 Å². The highest BCUT2D eigenvalue weighted by Crippen LogP contribution is 2.77. The zero-order valence-electron chi connectivity index (χ0n) is 36.0. The summed E-state index contributed by atoms with van der Waals surface area (Å²) in [5.74, 6) is 0.357. The number of Topliss-reactive ketones (excluding diaryl/α,β-unsaturated/α-hetero) is 1. The SMILES string of the molecule is CC(C)C1=C2[C@H]3CC[C@@H]4[C@@]5(C)CC[C@H](OC(=O)CC(C)(C)C(=O)O)C(C)(C)[C@@H]5CC[C@@]4(C)[C@]3(C)CC[C@@]2(C(O)c2nnc(-c3ccc(C#N)cn3)n2CCN)CC1=O. The van der Waals surface area contributed by atoms with Crippen molar-refractivity contribution in [1.82, 2.24) is 19.7 Å². The summed E-state index contributed by atoms with van der Waals surface area (Å²) in [4.78, 5) is 43.8. The van der Waals surface area contributed by atoms with E-state index in [9.17, 15) is 29.9 Å². The first-order valence-corrected chi connectivity index (χ1v) is 21.5. The van der Waals surface area contributed by atoms with Gasteiger partial charge in [0.05, 0.1) is 17.4 Å². The van der Waals surface area contributed by atoms with E-state index < -0.39 is 28.9 Å². The number of hydrogen-bond donors (Lipinski definition) is 3. The van der Waals surface area contributed by atoms with Gasteiger partial charge in [0.25, 0.3) is 0 Å². The van der Waals surface area contributed by atoms with Gasteiger partial charge in [-0.1, -0.05) is 48.5 Å². The van der Waals surface area contributed by atoms with Gasteiger partial charge in [-0.2, -0.15) is 5.26 Å². The number of carboxylic acids is 1. The topological polar surface area (TPSA) is 194 Å². The number of carbonyl (C=O) groups is 3. The number of rotatable bonds is 10. The molecule has 0 amide bonds. The molecule has 2 aromatic heterocycles. The van der Waals surface area contributed by atoms with Crippen molar-refractivity contribution in [2.45, 2.75) is 145 Å². The lowest BCUT2D eigenvalue weighted by Crippen LogP contribution is -2.66. The number of aliphatic carboxylic acids is 1. The molecule has 2 heterocycles. The second kappa shape index (κ2) is 14.4. The molecule has 4 N–H and O–H groups in total. The van der Waals surface area contributed by atoms with Crippen molar-refractivity contribution in [1.29, 1.82) is 5.26 Å². The Bertz CT molecular complexity index is 2060. The Morgan fingerprint density at radius 2 is 1.74 bits per heavy atom. The Balaban J connectivity index is 1.22. The monoisotopic (exact) mass is 796 g/mol. The standard InChI is InChI=1S/C46H64N6O6/c1-26(2)35-30(53)22-46(37(55)39-51-50-38(52(39)21-20-47)29-12-10-27(24-48)25-49-29)19-18-44(8)28(36(35)46)11-13-32-43(7)16-15-33(58-34(54)23-41(3,4)40(56)57)42(5,6)31(43)14-17-45(32,44)9/h10,12,25-26,28,31-33,37,55H,11,13-23,47H2,1-9H3,(H,56,57)/t28-,31+,32-,33+,37?,43+,44-,45-,46-/m1/s1. The average Bonchev–Trinajstić information content (AvgIpc) is 3.71. The van der Waals surface area contributed by atoms with Crippen molar-refractivity contribution >= 4 is 17.7 Å². The van der Waals surface area contributed by atoms with Crippen molar-refractivity contribution in [3.8, 4) is 17.6 Å². The molecule has 4 saturated carbocycles. The van der Waals surface area contributed by atoms with Gasteiger partial charge >= 0.3 is 11.9 Å². The Labute approximate surface area is 343 Å². The highest BCUT2D eigenvalue weighted by Gasteiger charge is 2.71. The van der Waals surface area contributed by atoms with Gasteiger partial charge < -0.3 is 25.3 Å². The van der Waals surface area contributed by atoms with Gasteiger partial charge in [-0.15, -0.1) is 10.2 Å². The molecule has 9 atom stereocenters. The molecule has 2 aromatic rings. The number of nitrogens with zero attached hydrogens (tertiary/aromatic N) is 5. The number of aromatic nitrogens is 4. The van der Waals surface area contributed by atoms with Crippen LogP contribution in [-0.4, -0.2) is 60.3 Å². The normalized spacial score (nSPS) is 34.7. The quantitative estimate of drug-likeness (QED) is 0.201. The maximum atomic E-state index is 14.4. The van der Waals surface area contributed by atoms with Gasteiger partial charge in [-0.3, -0.25) is 19.4 Å². The summed E-state index contributed by atoms with van der Waals surface area (Å²) in [6.07, 6.45) is 7.31. The van der Waals surface area contributed by atoms with E-state index in [0.717, 1.165) is 56.1 Å². The molecule has 0 spiro atoms. The number of aliphatic hydroxyl groups excluding tert-OH is 1. The van der Waals surface area contributed by atoms with Crippen LogP contribution in [0.3, 0.4) is 0 Å². The summed E-state index contributed by atoms with van der Waals surface area (Å²) in [6, 6.07) is 5.52. The number of ether oxygens (including phenoxy) is 1. The van der Waals surface area contributed by atoms with Gasteiger partial charge in [0.15, 0.2) is 17.4 Å². The van der Waals surface area contributed by atoms with Crippen LogP contribution < -0.4 is 5.73 Å². The maximum absolute atomic E-state index is 14.4. The molecule has 0 aromatic carbocycles. The van der Waals surface area contributed by atoms with Crippen molar-refractivity contribution in [3.05, 3.63) is 40.9 Å². The third-order valence-electron chi connectivity index (χ3n) is 16.9. The van der Waals surface area contributed by atoms with Crippen LogP contribution in [0.2, 0.25) is 0 Å².